The lowest BCUT2D eigenvalue weighted by Crippen LogP contribution is -2.17. The number of sulfonamides is 1. The minimum atomic E-state index is -3.83. The first kappa shape index (κ1) is 22.8. The van der Waals surface area contributed by atoms with Gasteiger partial charge < -0.3 is 4.57 Å². The molecule has 4 rings (SSSR count). The van der Waals surface area contributed by atoms with Crippen LogP contribution in [-0.4, -0.2) is 18.9 Å². The van der Waals surface area contributed by atoms with E-state index in [0.29, 0.717) is 16.0 Å². The van der Waals surface area contributed by atoms with Crippen molar-refractivity contribution in [2.75, 3.05) is 0 Å². The summed E-state index contributed by atoms with van der Waals surface area (Å²) in [6.07, 6.45) is 1.92. The molecular formula is C25H23N3O3S2. The molecular weight excluding hydrogens is 454 g/mol. The van der Waals surface area contributed by atoms with Gasteiger partial charge in [0.15, 0.2) is 4.80 Å². The molecule has 0 saturated carbocycles. The zero-order chi connectivity index (χ0) is 23.4. The topological polar surface area (TPSA) is 94.5 Å². The van der Waals surface area contributed by atoms with Crippen molar-refractivity contribution in [3.05, 3.63) is 107 Å². The monoisotopic (exact) mass is 477 g/mol. The number of hydrogen-bond donors (Lipinski definition) is 1. The van der Waals surface area contributed by atoms with Crippen molar-refractivity contribution in [1.29, 1.82) is 0 Å². The highest BCUT2D eigenvalue weighted by Crippen LogP contribution is 2.28. The van der Waals surface area contributed by atoms with Crippen LogP contribution in [0.5, 0.6) is 0 Å². The van der Waals surface area contributed by atoms with Gasteiger partial charge in [-0.1, -0.05) is 78.1 Å². The number of amides is 1. The minimum Gasteiger partial charge on any atom is -0.313 e. The molecule has 1 heterocycles. The maximum absolute atomic E-state index is 13.1. The first-order valence-electron chi connectivity index (χ1n) is 10.3. The summed E-state index contributed by atoms with van der Waals surface area (Å²) in [4.78, 5) is 18.0. The molecule has 0 aliphatic rings. The third-order valence-corrected chi connectivity index (χ3v) is 7.25. The predicted molar refractivity (Wildman–Crippen MR) is 131 cm³/mol. The fourth-order valence-corrected chi connectivity index (χ4v) is 5.46. The molecule has 0 unspecified atom stereocenters. The molecule has 0 aliphatic carbocycles. The van der Waals surface area contributed by atoms with Crippen LogP contribution in [0.15, 0.2) is 101 Å². The number of rotatable bonds is 7. The number of primary sulfonamides is 1. The van der Waals surface area contributed by atoms with Crippen molar-refractivity contribution in [3.63, 3.8) is 0 Å². The average molecular weight is 478 g/mol. The highest BCUT2D eigenvalue weighted by molar-refractivity contribution is 7.89. The highest BCUT2D eigenvalue weighted by atomic mass is 32.2. The Balaban J connectivity index is 1.75. The smallest absolute Gasteiger partial charge is 0.249 e. The number of fused-ring (bicyclic) bond motifs is 1. The van der Waals surface area contributed by atoms with Crippen molar-refractivity contribution in [2.45, 2.75) is 23.8 Å². The Morgan fingerprint density at radius 3 is 2.18 bits per heavy atom. The Hall–Kier alpha value is -3.33. The molecule has 33 heavy (non-hydrogen) atoms. The fourth-order valence-electron chi connectivity index (χ4n) is 3.75. The van der Waals surface area contributed by atoms with E-state index in [9.17, 15) is 13.2 Å². The van der Waals surface area contributed by atoms with E-state index in [1.807, 2.05) is 65.2 Å². The summed E-state index contributed by atoms with van der Waals surface area (Å²) in [6.45, 7) is 4.22. The number of carbonyl (C=O) groups is 1. The number of nitrogens with zero attached hydrogens (tertiary/aromatic N) is 2. The second kappa shape index (κ2) is 9.66. The summed E-state index contributed by atoms with van der Waals surface area (Å²) >= 11 is 1.25. The van der Waals surface area contributed by atoms with Crippen molar-refractivity contribution >= 4 is 37.5 Å². The van der Waals surface area contributed by atoms with Crippen molar-refractivity contribution in [2.24, 2.45) is 10.1 Å². The van der Waals surface area contributed by atoms with Gasteiger partial charge in [0.25, 0.3) is 0 Å². The largest absolute Gasteiger partial charge is 0.313 e. The second-order valence-corrected chi connectivity index (χ2v) is 10.1. The molecule has 0 spiro atoms. The quantitative estimate of drug-likeness (QED) is 0.405. The zero-order valence-electron chi connectivity index (χ0n) is 17.8. The van der Waals surface area contributed by atoms with Gasteiger partial charge in [-0.2, -0.15) is 4.99 Å². The normalized spacial score (nSPS) is 12.4. The zero-order valence-corrected chi connectivity index (χ0v) is 19.4. The van der Waals surface area contributed by atoms with Crippen LogP contribution in [0, 0.1) is 0 Å². The molecule has 3 aromatic carbocycles. The lowest BCUT2D eigenvalue weighted by Gasteiger charge is -2.16. The Morgan fingerprint density at radius 2 is 1.64 bits per heavy atom. The molecule has 8 heteroatoms. The van der Waals surface area contributed by atoms with Gasteiger partial charge in [-0.3, -0.25) is 4.79 Å². The van der Waals surface area contributed by atoms with E-state index in [1.165, 1.54) is 23.5 Å². The summed E-state index contributed by atoms with van der Waals surface area (Å²) in [7, 11) is -3.83. The lowest BCUT2D eigenvalue weighted by molar-refractivity contribution is -0.118. The van der Waals surface area contributed by atoms with E-state index < -0.39 is 10.0 Å². The first-order valence-corrected chi connectivity index (χ1v) is 12.7. The Labute approximate surface area is 196 Å². The molecule has 0 atom stereocenters. The van der Waals surface area contributed by atoms with Gasteiger partial charge in [-0.05, 0) is 29.3 Å². The van der Waals surface area contributed by atoms with Crippen LogP contribution in [-0.2, 0) is 21.4 Å². The van der Waals surface area contributed by atoms with Gasteiger partial charge in [-0.25, -0.2) is 13.6 Å². The van der Waals surface area contributed by atoms with Crippen molar-refractivity contribution < 1.29 is 13.2 Å². The first-order chi connectivity index (χ1) is 15.9. The maximum Gasteiger partial charge on any atom is 0.249 e. The molecule has 2 N–H and O–H groups in total. The molecule has 4 aromatic rings. The van der Waals surface area contributed by atoms with Gasteiger partial charge in [-0.15, -0.1) is 6.58 Å². The molecule has 0 fully saturated rings. The van der Waals surface area contributed by atoms with Crippen LogP contribution in [0.25, 0.3) is 10.2 Å². The molecule has 0 bridgehead atoms. The number of benzene rings is 3. The maximum atomic E-state index is 13.1. The second-order valence-electron chi connectivity index (χ2n) is 7.54. The van der Waals surface area contributed by atoms with Crippen LogP contribution >= 0.6 is 11.3 Å². The third-order valence-electron chi connectivity index (χ3n) is 5.30. The Morgan fingerprint density at radius 1 is 1.03 bits per heavy atom. The minimum absolute atomic E-state index is 0.0214. The summed E-state index contributed by atoms with van der Waals surface area (Å²) in [5, 5.41) is 5.27. The van der Waals surface area contributed by atoms with Crippen LogP contribution in [0.2, 0.25) is 0 Å². The van der Waals surface area contributed by atoms with Gasteiger partial charge in [0, 0.05) is 18.9 Å². The van der Waals surface area contributed by atoms with Gasteiger partial charge in [0.1, 0.15) is 0 Å². The van der Waals surface area contributed by atoms with Crippen LogP contribution in [0.4, 0.5) is 0 Å². The molecule has 0 radical (unpaired) electrons. The number of carbonyl (C=O) groups excluding carboxylic acids is 1. The summed E-state index contributed by atoms with van der Waals surface area (Å²) in [5.74, 6) is -0.386. The molecule has 0 aliphatic heterocycles. The molecule has 1 amide bonds. The van der Waals surface area contributed by atoms with E-state index in [0.717, 1.165) is 16.6 Å². The molecule has 0 saturated heterocycles. The number of allylic oxidation sites excluding steroid dienone is 1. The Bertz CT molecular complexity index is 1430. The molecule has 6 nitrogen and oxygen atoms in total. The number of nitrogens with two attached hydrogens (primary N) is 1. The summed E-state index contributed by atoms with van der Waals surface area (Å²) in [5.41, 5.74) is 2.85. The Kier molecular flexibility index (Phi) is 6.69. The van der Waals surface area contributed by atoms with Crippen LogP contribution in [0.1, 0.15) is 23.5 Å². The lowest BCUT2D eigenvalue weighted by atomic mass is 9.88. The van der Waals surface area contributed by atoms with Crippen LogP contribution in [0.3, 0.4) is 0 Å². The van der Waals surface area contributed by atoms with Gasteiger partial charge >= 0.3 is 0 Å². The fraction of sp³-hybridized carbons (Fsp3) is 0.120. The standard InChI is InChI=1S/C25H23N3O3S2/c1-2-15-28-22-14-13-20(33(26,30)31)16-23(22)32-25(28)27-24(29)17-21(18-9-5-3-6-10-18)19-11-7-4-8-12-19/h2-14,16,21H,1,15,17H2,(H2,26,30,31). The highest BCUT2D eigenvalue weighted by Gasteiger charge is 2.19. The van der Waals surface area contributed by atoms with E-state index in [-0.39, 0.29) is 23.1 Å². The molecule has 1 aromatic heterocycles. The predicted octanol–water partition coefficient (Wildman–Crippen LogP) is 4.19. The number of thiazole rings is 1. The molecule has 168 valence electrons. The van der Waals surface area contributed by atoms with Gasteiger partial charge in [0.05, 0.1) is 15.1 Å². The number of hydrogen-bond acceptors (Lipinski definition) is 4. The van der Waals surface area contributed by atoms with E-state index in [1.54, 1.807) is 12.1 Å². The SMILES string of the molecule is C=CCn1c(=NC(=O)CC(c2ccccc2)c2ccccc2)sc2cc(S(N)(=O)=O)ccc21. The van der Waals surface area contributed by atoms with E-state index in [4.69, 9.17) is 5.14 Å². The number of aromatic nitrogens is 1. The third kappa shape index (κ3) is 5.19. The average Bonchev–Trinajstić information content (AvgIpc) is 3.14. The van der Waals surface area contributed by atoms with Crippen molar-refractivity contribution in [1.82, 2.24) is 4.57 Å². The van der Waals surface area contributed by atoms with Crippen LogP contribution < -0.4 is 9.94 Å². The van der Waals surface area contributed by atoms with Gasteiger partial charge in [0.2, 0.25) is 15.9 Å². The van der Waals surface area contributed by atoms with E-state index in [2.05, 4.69) is 11.6 Å². The summed E-state index contributed by atoms with van der Waals surface area (Å²) < 4.78 is 26.0. The van der Waals surface area contributed by atoms with Crippen molar-refractivity contribution in [3.8, 4) is 0 Å². The van der Waals surface area contributed by atoms with E-state index >= 15 is 0 Å². The summed E-state index contributed by atoms with van der Waals surface area (Å²) in [6, 6.07) is 24.4.